The van der Waals surface area contributed by atoms with Gasteiger partial charge < -0.3 is 5.11 Å². The zero-order valence-electron chi connectivity index (χ0n) is 10.8. The van der Waals surface area contributed by atoms with Gasteiger partial charge in [-0.05, 0) is 31.4 Å². The molecule has 98 valence electrons. The number of rotatable bonds is 4. The number of nitrogens with zero attached hydrogens (tertiary/aromatic N) is 2. The molecule has 1 aliphatic rings. The van der Waals surface area contributed by atoms with Gasteiger partial charge in [-0.1, -0.05) is 29.8 Å². The summed E-state index contributed by atoms with van der Waals surface area (Å²) >= 11 is 0. The van der Waals surface area contributed by atoms with Crippen LogP contribution in [0.15, 0.2) is 30.3 Å². The second kappa shape index (κ2) is 4.53. The summed E-state index contributed by atoms with van der Waals surface area (Å²) < 4.78 is 1.84. The van der Waals surface area contributed by atoms with Crippen molar-refractivity contribution in [3.8, 4) is 0 Å². The SMILES string of the molecule is Cc1ccc(Cn2nc(C(=O)O)cc2C2CC2)cc1. The van der Waals surface area contributed by atoms with Gasteiger partial charge in [-0.15, -0.1) is 0 Å². The second-order valence-corrected chi connectivity index (χ2v) is 5.18. The Kier molecular flexibility index (Phi) is 2.85. The van der Waals surface area contributed by atoms with Gasteiger partial charge in [0.1, 0.15) is 0 Å². The zero-order valence-corrected chi connectivity index (χ0v) is 10.8. The Labute approximate surface area is 111 Å². The minimum atomic E-state index is -0.954. The van der Waals surface area contributed by atoms with Gasteiger partial charge in [-0.3, -0.25) is 4.68 Å². The standard InChI is InChI=1S/C15H16N2O2/c1-10-2-4-11(5-3-10)9-17-14(12-6-7-12)8-13(16-17)15(18)19/h2-5,8,12H,6-7,9H2,1H3,(H,18,19). The van der Waals surface area contributed by atoms with Crippen molar-refractivity contribution in [2.45, 2.75) is 32.2 Å². The molecule has 1 aromatic carbocycles. The third-order valence-corrected chi connectivity index (χ3v) is 3.48. The molecule has 0 unspecified atom stereocenters. The van der Waals surface area contributed by atoms with Crippen LogP contribution in [0, 0.1) is 6.92 Å². The highest BCUT2D eigenvalue weighted by molar-refractivity contribution is 5.85. The highest BCUT2D eigenvalue weighted by Gasteiger charge is 2.29. The van der Waals surface area contributed by atoms with Crippen LogP contribution in [-0.2, 0) is 6.54 Å². The number of carboxylic acids is 1. The van der Waals surface area contributed by atoms with Gasteiger partial charge in [0.05, 0.1) is 6.54 Å². The zero-order chi connectivity index (χ0) is 13.4. The topological polar surface area (TPSA) is 55.1 Å². The van der Waals surface area contributed by atoms with E-state index in [1.165, 1.54) is 5.56 Å². The van der Waals surface area contributed by atoms with Crippen LogP contribution >= 0.6 is 0 Å². The number of hydrogen-bond acceptors (Lipinski definition) is 2. The van der Waals surface area contributed by atoms with Crippen molar-refractivity contribution in [2.75, 3.05) is 0 Å². The summed E-state index contributed by atoms with van der Waals surface area (Å²) in [5, 5.41) is 13.3. The predicted molar refractivity (Wildman–Crippen MR) is 71.4 cm³/mol. The first kappa shape index (κ1) is 12.0. The van der Waals surface area contributed by atoms with Gasteiger partial charge >= 0.3 is 5.97 Å². The van der Waals surface area contributed by atoms with E-state index < -0.39 is 5.97 Å². The van der Waals surface area contributed by atoms with Gasteiger partial charge in [0, 0.05) is 11.6 Å². The van der Waals surface area contributed by atoms with Gasteiger partial charge in [0.25, 0.3) is 0 Å². The molecular formula is C15H16N2O2. The number of aromatic carboxylic acids is 1. The lowest BCUT2D eigenvalue weighted by atomic mass is 10.1. The Morgan fingerprint density at radius 3 is 2.63 bits per heavy atom. The molecule has 4 nitrogen and oxygen atoms in total. The van der Waals surface area contributed by atoms with Crippen LogP contribution in [0.5, 0.6) is 0 Å². The maximum Gasteiger partial charge on any atom is 0.356 e. The summed E-state index contributed by atoms with van der Waals surface area (Å²) in [4.78, 5) is 11.0. The van der Waals surface area contributed by atoms with E-state index in [9.17, 15) is 4.79 Å². The van der Waals surface area contributed by atoms with Crippen LogP contribution in [0.3, 0.4) is 0 Å². The molecule has 0 bridgehead atoms. The van der Waals surface area contributed by atoms with Crippen molar-refractivity contribution in [2.24, 2.45) is 0 Å². The first-order chi connectivity index (χ1) is 9.13. The molecule has 19 heavy (non-hydrogen) atoms. The molecule has 1 N–H and O–H groups in total. The van der Waals surface area contributed by atoms with E-state index >= 15 is 0 Å². The van der Waals surface area contributed by atoms with E-state index in [2.05, 4.69) is 36.3 Å². The number of carbonyl (C=O) groups is 1. The Hall–Kier alpha value is -2.10. The first-order valence-electron chi connectivity index (χ1n) is 6.50. The summed E-state index contributed by atoms with van der Waals surface area (Å²) in [5.74, 6) is -0.462. The van der Waals surface area contributed by atoms with Crippen molar-refractivity contribution < 1.29 is 9.90 Å². The van der Waals surface area contributed by atoms with Crippen molar-refractivity contribution in [1.29, 1.82) is 0 Å². The molecule has 0 amide bonds. The number of carboxylic acid groups (broad SMARTS) is 1. The highest BCUT2D eigenvalue weighted by Crippen LogP contribution is 2.40. The van der Waals surface area contributed by atoms with E-state index in [1.54, 1.807) is 6.07 Å². The molecule has 4 heteroatoms. The van der Waals surface area contributed by atoms with Crippen molar-refractivity contribution >= 4 is 5.97 Å². The van der Waals surface area contributed by atoms with E-state index in [1.807, 2.05) is 4.68 Å². The summed E-state index contributed by atoms with van der Waals surface area (Å²) in [5.41, 5.74) is 3.57. The molecule has 0 spiro atoms. The molecule has 1 saturated carbocycles. The molecule has 2 aromatic rings. The molecule has 1 aromatic heterocycles. The summed E-state index contributed by atoms with van der Waals surface area (Å²) in [6.07, 6.45) is 2.28. The summed E-state index contributed by atoms with van der Waals surface area (Å²) in [6, 6.07) is 9.97. The summed E-state index contributed by atoms with van der Waals surface area (Å²) in [7, 11) is 0. The lowest BCUT2D eigenvalue weighted by Gasteiger charge is -2.06. The number of aryl methyl sites for hydroxylation is 1. The maximum atomic E-state index is 11.0. The minimum absolute atomic E-state index is 0.147. The normalized spacial score (nSPS) is 14.6. The second-order valence-electron chi connectivity index (χ2n) is 5.18. The van der Waals surface area contributed by atoms with Crippen LogP contribution in [0.4, 0.5) is 0 Å². The molecule has 0 aliphatic heterocycles. The Balaban J connectivity index is 1.90. The average molecular weight is 256 g/mol. The van der Waals surface area contributed by atoms with Crippen LogP contribution in [0.1, 0.15) is 46.1 Å². The number of hydrogen-bond donors (Lipinski definition) is 1. The quantitative estimate of drug-likeness (QED) is 0.915. The van der Waals surface area contributed by atoms with Crippen LogP contribution in [0.2, 0.25) is 0 Å². The molecule has 0 atom stereocenters. The maximum absolute atomic E-state index is 11.0. The molecule has 1 aliphatic carbocycles. The lowest BCUT2D eigenvalue weighted by molar-refractivity contribution is 0.0689. The largest absolute Gasteiger partial charge is 0.476 e. The monoisotopic (exact) mass is 256 g/mol. The molecule has 1 heterocycles. The van der Waals surface area contributed by atoms with Crippen molar-refractivity contribution in [3.05, 3.63) is 52.8 Å². The first-order valence-corrected chi connectivity index (χ1v) is 6.50. The van der Waals surface area contributed by atoms with E-state index in [0.29, 0.717) is 12.5 Å². The smallest absolute Gasteiger partial charge is 0.356 e. The molecule has 0 saturated heterocycles. The Bertz CT molecular complexity index is 610. The van der Waals surface area contributed by atoms with Crippen molar-refractivity contribution in [1.82, 2.24) is 9.78 Å². The third kappa shape index (κ3) is 2.52. The molecular weight excluding hydrogens is 240 g/mol. The average Bonchev–Trinajstić information content (AvgIpc) is 3.13. The van der Waals surface area contributed by atoms with Gasteiger partial charge in [-0.25, -0.2) is 4.79 Å². The Morgan fingerprint density at radius 1 is 1.37 bits per heavy atom. The van der Waals surface area contributed by atoms with E-state index in [4.69, 9.17) is 5.11 Å². The van der Waals surface area contributed by atoms with Gasteiger partial charge in [-0.2, -0.15) is 5.10 Å². The number of aromatic nitrogens is 2. The minimum Gasteiger partial charge on any atom is -0.476 e. The van der Waals surface area contributed by atoms with Crippen molar-refractivity contribution in [3.63, 3.8) is 0 Å². The predicted octanol–water partition coefficient (Wildman–Crippen LogP) is 2.82. The number of benzene rings is 1. The van der Waals surface area contributed by atoms with Gasteiger partial charge in [0.15, 0.2) is 5.69 Å². The summed E-state index contributed by atoms with van der Waals surface area (Å²) in [6.45, 7) is 2.69. The fourth-order valence-corrected chi connectivity index (χ4v) is 2.24. The third-order valence-electron chi connectivity index (χ3n) is 3.48. The van der Waals surface area contributed by atoms with Gasteiger partial charge in [0.2, 0.25) is 0 Å². The lowest BCUT2D eigenvalue weighted by Crippen LogP contribution is -2.07. The fraction of sp³-hybridized carbons (Fsp3) is 0.333. The van der Waals surface area contributed by atoms with Crippen LogP contribution in [-0.4, -0.2) is 20.9 Å². The fourth-order valence-electron chi connectivity index (χ4n) is 2.24. The molecule has 1 fully saturated rings. The Morgan fingerprint density at radius 2 is 2.05 bits per heavy atom. The van der Waals surface area contributed by atoms with E-state index in [-0.39, 0.29) is 5.69 Å². The van der Waals surface area contributed by atoms with Crippen LogP contribution < -0.4 is 0 Å². The van der Waals surface area contributed by atoms with E-state index in [0.717, 1.165) is 24.1 Å². The van der Waals surface area contributed by atoms with Crippen LogP contribution in [0.25, 0.3) is 0 Å². The molecule has 3 rings (SSSR count). The molecule has 0 radical (unpaired) electrons. The highest BCUT2D eigenvalue weighted by atomic mass is 16.4.